The van der Waals surface area contributed by atoms with Crippen LogP contribution in [0.1, 0.15) is 66.4 Å². The van der Waals surface area contributed by atoms with Crippen LogP contribution in [-0.2, 0) is 4.74 Å². The molecule has 8 heteroatoms. The molecule has 40 heavy (non-hydrogen) atoms. The van der Waals surface area contributed by atoms with E-state index in [1.54, 1.807) is 68.5 Å². The Labute approximate surface area is 230 Å². The largest absolute Gasteiger partial charge is 0.493 e. The summed E-state index contributed by atoms with van der Waals surface area (Å²) in [5.74, 6) is -1.23. The number of nitrogens with one attached hydrogen (secondary N) is 1. The van der Waals surface area contributed by atoms with Gasteiger partial charge in [-0.2, -0.15) is 0 Å². The summed E-state index contributed by atoms with van der Waals surface area (Å²) in [6.45, 7) is 3.95. The topological polar surface area (TPSA) is 111 Å². The van der Waals surface area contributed by atoms with E-state index in [2.05, 4.69) is 0 Å². The highest BCUT2D eigenvalue weighted by atomic mass is 16.5. The molecule has 1 unspecified atom stereocenters. The lowest BCUT2D eigenvalue weighted by Crippen LogP contribution is -2.43. The summed E-state index contributed by atoms with van der Waals surface area (Å²) in [6.07, 6.45) is 1.54. The fraction of sp³-hybridized carbons (Fsp3) is 0.156. The van der Waals surface area contributed by atoms with Crippen molar-refractivity contribution in [1.29, 1.82) is 0 Å². The molecule has 1 atom stereocenters. The molecule has 0 amide bonds. The first-order valence-electron chi connectivity index (χ1n) is 13.5. The second-order valence-corrected chi connectivity index (χ2v) is 9.63. The first-order chi connectivity index (χ1) is 19.9. The quantitative estimate of drug-likeness (QED) is 0.393. The molecule has 7 rings (SSSR count). The van der Waals surface area contributed by atoms with Gasteiger partial charge in [0, 0.05) is 40.0 Å². The number of fused-ring (bicyclic) bond motifs is 7. The smallest absolute Gasteiger partial charge is 0.198 e. The fourth-order valence-electron chi connectivity index (χ4n) is 5.81. The van der Waals surface area contributed by atoms with Crippen molar-refractivity contribution < 1.29 is 30.1 Å². The maximum absolute atomic E-state index is 13.9. The standard InChI is InChI=1S/C32H22N2O6/c1-3-39-21-13-19-27(25-23(21)29(35)15-9-5-7-11-17(15)31(25)37)34-20-14-22(40-4-2)24-26(28(20)33-19)32(38)18-12-8-6-10-16(18)30(24)36/h5-14,27,34H,3-4H2,1-2H3/i/hD. The second-order valence-electron chi connectivity index (χ2n) is 9.63. The normalized spacial score (nSPS) is 18.9. The van der Waals surface area contributed by atoms with Crippen LogP contribution < -0.4 is 10.0 Å². The van der Waals surface area contributed by atoms with Gasteiger partial charge in [-0.05, 0) is 13.8 Å². The Morgan fingerprint density at radius 2 is 1.38 bits per heavy atom. The van der Waals surface area contributed by atoms with Crippen LogP contribution in [0.5, 0.6) is 5.75 Å². The molecule has 8 nitrogen and oxygen atoms in total. The molecule has 0 saturated carbocycles. The van der Waals surface area contributed by atoms with Gasteiger partial charge in [0.25, 0.3) is 0 Å². The molecule has 0 bridgehead atoms. The van der Waals surface area contributed by atoms with Crippen molar-refractivity contribution in [2.24, 2.45) is 4.99 Å². The van der Waals surface area contributed by atoms with Gasteiger partial charge in [-0.3, -0.25) is 19.2 Å². The number of hydrogen-bond acceptors (Lipinski definition) is 8. The molecule has 0 aromatic heterocycles. The highest BCUT2D eigenvalue weighted by Crippen LogP contribution is 2.47. The zero-order chi connectivity index (χ0) is 28.6. The summed E-state index contributed by atoms with van der Waals surface area (Å²) in [4.78, 5) is 59.9. The van der Waals surface area contributed by atoms with Crippen molar-refractivity contribution in [2.75, 3.05) is 18.5 Å². The van der Waals surface area contributed by atoms with Gasteiger partial charge >= 0.3 is 0 Å². The number of allylic oxidation sites excluding steroid dienone is 1. The molecule has 3 aromatic rings. The third kappa shape index (κ3) is 3.16. The summed E-state index contributed by atoms with van der Waals surface area (Å²) in [5, 5.41) is 1.08. The van der Waals surface area contributed by atoms with Gasteiger partial charge < -0.3 is 14.8 Å². The Morgan fingerprint density at radius 1 is 0.800 bits per heavy atom. The zero-order valence-corrected chi connectivity index (χ0v) is 21.6. The van der Waals surface area contributed by atoms with E-state index >= 15 is 0 Å². The number of carbonyl (C=O) groups is 4. The maximum Gasteiger partial charge on any atom is 0.198 e. The second kappa shape index (κ2) is 8.71. The van der Waals surface area contributed by atoms with Gasteiger partial charge in [-0.15, -0.1) is 0 Å². The van der Waals surface area contributed by atoms with Gasteiger partial charge in [-0.25, -0.2) is 4.99 Å². The van der Waals surface area contributed by atoms with Gasteiger partial charge in [0.2, 0.25) is 0 Å². The minimum atomic E-state index is -1.05. The van der Waals surface area contributed by atoms with Crippen molar-refractivity contribution in [3.05, 3.63) is 111 Å². The van der Waals surface area contributed by atoms with Crippen LogP contribution >= 0.6 is 0 Å². The summed E-state index contributed by atoms with van der Waals surface area (Å²) >= 11 is 0. The monoisotopic (exact) mass is 531 g/mol. The lowest BCUT2D eigenvalue weighted by atomic mass is 9.75. The number of Topliss-reactive ketones (excluding diaryl/α,β-unsaturated/α-hetero) is 2. The van der Waals surface area contributed by atoms with Gasteiger partial charge in [-0.1, -0.05) is 48.5 Å². The Balaban J connectivity index is 1.50. The third-order valence-corrected chi connectivity index (χ3v) is 7.46. The molecule has 1 heterocycles. The summed E-state index contributed by atoms with van der Waals surface area (Å²) in [7, 11) is 0. The van der Waals surface area contributed by atoms with E-state index in [1.807, 2.05) is 0 Å². The molecule has 3 aliphatic carbocycles. The molecule has 1 aliphatic heterocycles. The number of rotatable bonds is 4. The molecule has 0 spiro atoms. The highest BCUT2D eigenvalue weighted by molar-refractivity contribution is 6.35. The molecular weight excluding hydrogens is 508 g/mol. The van der Waals surface area contributed by atoms with Crippen LogP contribution in [0.3, 0.4) is 0 Å². The Hall–Kier alpha value is -5.11. The van der Waals surface area contributed by atoms with Crippen LogP contribution in [0.25, 0.3) is 0 Å². The predicted molar refractivity (Wildman–Crippen MR) is 147 cm³/mol. The highest BCUT2D eigenvalue weighted by Gasteiger charge is 2.45. The average Bonchev–Trinajstić information content (AvgIpc) is 2.98. The molecular formula is C32H22N2O6. The number of nitrogens with zero attached hydrogens (tertiary/aromatic N) is 1. The number of ketones is 4. The van der Waals surface area contributed by atoms with Crippen molar-refractivity contribution in [3.63, 3.8) is 0 Å². The summed E-state index contributed by atoms with van der Waals surface area (Å²) in [6, 6.07) is 13.6. The number of ether oxygens (including phenoxy) is 2. The molecule has 196 valence electrons. The van der Waals surface area contributed by atoms with Crippen molar-refractivity contribution in [3.8, 4) is 5.75 Å². The molecule has 0 radical (unpaired) electrons. The number of aliphatic imine (C=N–C) groups is 1. The SMILES string of the molecule is [2H]N1c2cc(OCC)c3c(c2N=C2C=C(OCC)C4=C(C(=O)c5ccccc5C4=O)C21)C(=O)c1ccccc1C3=O. The van der Waals surface area contributed by atoms with Crippen LogP contribution in [0.15, 0.2) is 82.6 Å². The van der Waals surface area contributed by atoms with Crippen molar-refractivity contribution >= 4 is 40.2 Å². The van der Waals surface area contributed by atoms with E-state index in [0.717, 1.165) is 5.31 Å². The van der Waals surface area contributed by atoms with Crippen LogP contribution in [0.4, 0.5) is 11.4 Å². The number of carbonyl (C=O) groups excluding carboxylic acids is 4. The number of anilines is 1. The van der Waals surface area contributed by atoms with E-state index in [0.29, 0.717) is 0 Å². The Morgan fingerprint density at radius 3 is 2.00 bits per heavy atom. The van der Waals surface area contributed by atoms with E-state index in [9.17, 15) is 20.6 Å². The minimum Gasteiger partial charge on any atom is -0.493 e. The van der Waals surface area contributed by atoms with Crippen molar-refractivity contribution in [1.82, 2.24) is 0 Å². The van der Waals surface area contributed by atoms with Gasteiger partial charge in [0.1, 0.15) is 11.5 Å². The average molecular weight is 532 g/mol. The third-order valence-electron chi connectivity index (χ3n) is 7.46. The molecule has 3 aromatic carbocycles. The van der Waals surface area contributed by atoms with Crippen LogP contribution in [0, 0.1) is 0 Å². The fourth-order valence-corrected chi connectivity index (χ4v) is 5.81. The van der Waals surface area contributed by atoms with E-state index in [1.165, 1.54) is 6.07 Å². The molecule has 0 saturated heterocycles. The number of benzene rings is 3. The first-order valence-corrected chi connectivity index (χ1v) is 13.0. The summed E-state index contributed by atoms with van der Waals surface area (Å²) in [5.41, 5.74) is 1.90. The van der Waals surface area contributed by atoms with E-state index < -0.39 is 17.6 Å². The lowest BCUT2D eigenvalue weighted by Gasteiger charge is -2.36. The van der Waals surface area contributed by atoms with Gasteiger partial charge in [0.15, 0.2) is 24.5 Å². The lowest BCUT2D eigenvalue weighted by molar-refractivity contribution is 0.0962. The van der Waals surface area contributed by atoms with Gasteiger partial charge in [0.05, 0.1) is 53.0 Å². The van der Waals surface area contributed by atoms with Crippen molar-refractivity contribution in [2.45, 2.75) is 19.9 Å². The zero-order valence-electron chi connectivity index (χ0n) is 22.6. The number of hydrogen-bond donors (Lipinski definition) is 1. The van der Waals surface area contributed by atoms with E-state index in [-0.39, 0.29) is 97.9 Å². The Kier molecular flexibility index (Phi) is 4.97. The Bertz CT molecular complexity index is 1870. The predicted octanol–water partition coefficient (Wildman–Crippen LogP) is 5.04. The van der Waals surface area contributed by atoms with E-state index in [4.69, 9.17) is 14.5 Å². The summed E-state index contributed by atoms with van der Waals surface area (Å²) < 4.78 is 20.9. The van der Waals surface area contributed by atoms with Crippen LogP contribution in [0.2, 0.25) is 1.41 Å². The maximum atomic E-state index is 13.9. The van der Waals surface area contributed by atoms with Crippen LogP contribution in [-0.4, -0.2) is 48.1 Å². The molecule has 1 N–H and O–H groups in total. The molecule has 0 fully saturated rings. The minimum absolute atomic E-state index is 0.0420. The first kappa shape index (κ1) is 22.8. The molecule has 4 aliphatic rings.